The summed E-state index contributed by atoms with van der Waals surface area (Å²) in [7, 11) is 0. The number of amides is 1. The van der Waals surface area contributed by atoms with E-state index in [1.807, 2.05) is 28.8 Å². The first-order chi connectivity index (χ1) is 13.5. The highest BCUT2D eigenvalue weighted by molar-refractivity contribution is 9.10. The molecule has 28 heavy (non-hydrogen) atoms. The fraction of sp³-hybridized carbons (Fsp3) is 0.211. The van der Waals surface area contributed by atoms with Gasteiger partial charge in [-0.3, -0.25) is 9.36 Å². The van der Waals surface area contributed by atoms with E-state index in [1.165, 1.54) is 18.2 Å². The fourth-order valence-corrected chi connectivity index (χ4v) is 3.85. The van der Waals surface area contributed by atoms with E-state index in [2.05, 4.69) is 38.4 Å². The zero-order valence-corrected chi connectivity index (χ0v) is 18.1. The molecule has 0 spiro atoms. The van der Waals surface area contributed by atoms with Crippen LogP contribution in [-0.2, 0) is 6.54 Å². The van der Waals surface area contributed by atoms with Gasteiger partial charge in [0.25, 0.3) is 5.91 Å². The van der Waals surface area contributed by atoms with Crippen LogP contribution in [-0.4, -0.2) is 26.4 Å². The van der Waals surface area contributed by atoms with Crippen LogP contribution >= 0.6 is 39.3 Å². The first-order valence-electron chi connectivity index (χ1n) is 8.56. The molecule has 0 aliphatic heterocycles. The predicted molar refractivity (Wildman–Crippen MR) is 113 cm³/mol. The van der Waals surface area contributed by atoms with E-state index in [0.29, 0.717) is 5.82 Å². The number of rotatable bonds is 7. The second-order valence-electron chi connectivity index (χ2n) is 5.84. The Morgan fingerprint density at radius 1 is 1.25 bits per heavy atom. The summed E-state index contributed by atoms with van der Waals surface area (Å²) in [6, 6.07) is 11.8. The van der Waals surface area contributed by atoms with E-state index in [4.69, 9.17) is 11.6 Å². The van der Waals surface area contributed by atoms with Crippen molar-refractivity contribution in [3.05, 3.63) is 69.2 Å². The first-order valence-corrected chi connectivity index (χ1v) is 10.7. The van der Waals surface area contributed by atoms with Gasteiger partial charge in [-0.15, -0.1) is 10.2 Å². The Kier molecular flexibility index (Phi) is 7.09. The highest BCUT2D eigenvalue weighted by Gasteiger charge is 2.18. The molecule has 0 unspecified atom stereocenters. The van der Waals surface area contributed by atoms with Gasteiger partial charge < -0.3 is 5.32 Å². The summed E-state index contributed by atoms with van der Waals surface area (Å²) in [6.45, 7) is 2.17. The Morgan fingerprint density at radius 2 is 2.00 bits per heavy atom. The van der Waals surface area contributed by atoms with Crippen molar-refractivity contribution in [2.24, 2.45) is 0 Å². The molecule has 0 radical (unpaired) electrons. The Labute approximate surface area is 179 Å². The topological polar surface area (TPSA) is 59.8 Å². The van der Waals surface area contributed by atoms with Crippen LogP contribution in [0.2, 0.25) is 5.02 Å². The van der Waals surface area contributed by atoms with Gasteiger partial charge in [0.2, 0.25) is 0 Å². The van der Waals surface area contributed by atoms with Gasteiger partial charge >= 0.3 is 0 Å². The molecule has 0 aliphatic carbocycles. The maximum Gasteiger partial charge on any atom is 0.256 e. The molecule has 0 saturated heterocycles. The van der Waals surface area contributed by atoms with Crippen molar-refractivity contribution in [1.29, 1.82) is 0 Å². The number of carbonyl (C=O) groups is 1. The Balaban J connectivity index is 1.86. The summed E-state index contributed by atoms with van der Waals surface area (Å²) in [5.74, 6) is 0.169. The lowest BCUT2D eigenvalue weighted by molar-refractivity contribution is 0.0946. The van der Waals surface area contributed by atoms with Crippen molar-refractivity contribution in [3.63, 3.8) is 0 Å². The summed E-state index contributed by atoms with van der Waals surface area (Å²) in [5, 5.41) is 11.9. The number of carbonyl (C=O) groups excluding carboxylic acids is 1. The molecule has 1 N–H and O–H groups in total. The quantitative estimate of drug-likeness (QED) is 0.466. The molecule has 0 atom stereocenters. The van der Waals surface area contributed by atoms with E-state index < -0.39 is 11.7 Å². The molecule has 1 heterocycles. The molecule has 0 fully saturated rings. The Bertz CT molecular complexity index is 960. The van der Waals surface area contributed by atoms with Crippen LogP contribution < -0.4 is 5.32 Å². The minimum Gasteiger partial charge on any atom is -0.345 e. The molecular formula is C19H17BrClFN4OS. The van der Waals surface area contributed by atoms with Gasteiger partial charge in [0.05, 0.1) is 17.1 Å². The molecule has 5 nitrogen and oxygen atoms in total. The van der Waals surface area contributed by atoms with E-state index in [0.717, 1.165) is 27.5 Å². The molecule has 1 aromatic heterocycles. The molecule has 1 amide bonds. The van der Waals surface area contributed by atoms with Crippen LogP contribution in [0.1, 0.15) is 29.5 Å². The molecule has 0 aliphatic rings. The average molecular weight is 484 g/mol. The minimum atomic E-state index is -0.668. The number of nitrogens with one attached hydrogen (secondary N) is 1. The number of aromatic nitrogens is 3. The Morgan fingerprint density at radius 3 is 2.68 bits per heavy atom. The summed E-state index contributed by atoms with van der Waals surface area (Å²) < 4.78 is 16.8. The first kappa shape index (κ1) is 20.8. The number of nitrogens with zero attached hydrogens (tertiary/aromatic N) is 3. The zero-order valence-electron chi connectivity index (χ0n) is 15.0. The van der Waals surface area contributed by atoms with Crippen LogP contribution in [0.25, 0.3) is 5.69 Å². The third-order valence-corrected chi connectivity index (χ3v) is 5.80. The number of thioether (sulfide) groups is 1. The number of hydrogen-bond acceptors (Lipinski definition) is 4. The van der Waals surface area contributed by atoms with Crippen LogP contribution in [0.5, 0.6) is 0 Å². The van der Waals surface area contributed by atoms with E-state index in [1.54, 1.807) is 11.8 Å². The summed E-state index contributed by atoms with van der Waals surface area (Å²) >= 11 is 11.0. The van der Waals surface area contributed by atoms with Crippen LogP contribution in [0, 0.1) is 5.82 Å². The molecule has 3 aromatic rings. The summed E-state index contributed by atoms with van der Waals surface area (Å²) in [5.41, 5.74) is 0.694. The van der Waals surface area contributed by atoms with Crippen molar-refractivity contribution in [2.75, 3.05) is 5.75 Å². The van der Waals surface area contributed by atoms with Crippen molar-refractivity contribution in [1.82, 2.24) is 20.1 Å². The number of hydrogen-bond donors (Lipinski definition) is 1. The molecule has 2 aromatic carbocycles. The Hall–Kier alpha value is -1.90. The maximum atomic E-state index is 14.0. The third-order valence-electron chi connectivity index (χ3n) is 3.82. The molecule has 0 bridgehead atoms. The third kappa shape index (κ3) is 4.74. The standard InChI is InChI=1S/C19H17BrClFN4OS/c1-2-10-28-19-25-24-16(26(19)13-8-6-12(20)7-9-13)11-23-18(27)17-14(21)4-3-5-15(17)22/h3-9H,2,10-11H2,1H3,(H,23,27). The van der Waals surface area contributed by atoms with Gasteiger partial charge in [-0.05, 0) is 42.8 Å². The largest absolute Gasteiger partial charge is 0.345 e. The number of benzene rings is 2. The molecule has 0 saturated carbocycles. The number of halogens is 3. The van der Waals surface area contributed by atoms with Gasteiger partial charge in [0.1, 0.15) is 5.82 Å². The fourth-order valence-electron chi connectivity index (χ4n) is 2.51. The minimum absolute atomic E-state index is 0.0612. The normalized spacial score (nSPS) is 10.9. The molecule has 3 rings (SSSR count). The van der Waals surface area contributed by atoms with Crippen LogP contribution in [0.3, 0.4) is 0 Å². The van der Waals surface area contributed by atoms with E-state index in [-0.39, 0.29) is 17.1 Å². The monoisotopic (exact) mass is 482 g/mol. The lowest BCUT2D eigenvalue weighted by Gasteiger charge is -2.11. The second kappa shape index (κ2) is 9.54. The van der Waals surface area contributed by atoms with Crippen LogP contribution in [0.4, 0.5) is 4.39 Å². The maximum absolute atomic E-state index is 14.0. The second-order valence-corrected chi connectivity index (χ2v) is 8.22. The van der Waals surface area contributed by atoms with Crippen molar-refractivity contribution in [2.45, 2.75) is 25.0 Å². The summed E-state index contributed by atoms with van der Waals surface area (Å²) in [4.78, 5) is 12.4. The van der Waals surface area contributed by atoms with Gasteiger partial charge in [-0.1, -0.05) is 52.3 Å². The van der Waals surface area contributed by atoms with E-state index >= 15 is 0 Å². The molecular weight excluding hydrogens is 467 g/mol. The van der Waals surface area contributed by atoms with E-state index in [9.17, 15) is 9.18 Å². The van der Waals surface area contributed by atoms with Gasteiger partial charge in [0, 0.05) is 15.9 Å². The van der Waals surface area contributed by atoms with Crippen molar-refractivity contribution in [3.8, 4) is 5.69 Å². The summed E-state index contributed by atoms with van der Waals surface area (Å²) in [6.07, 6.45) is 0.996. The van der Waals surface area contributed by atoms with Crippen LogP contribution in [0.15, 0.2) is 52.1 Å². The lowest BCUT2D eigenvalue weighted by Crippen LogP contribution is -2.26. The zero-order chi connectivity index (χ0) is 20.1. The average Bonchev–Trinajstić information content (AvgIpc) is 3.08. The molecule has 9 heteroatoms. The van der Waals surface area contributed by atoms with Gasteiger partial charge in [0.15, 0.2) is 11.0 Å². The smallest absolute Gasteiger partial charge is 0.256 e. The lowest BCUT2D eigenvalue weighted by atomic mass is 10.2. The van der Waals surface area contributed by atoms with Gasteiger partial charge in [-0.25, -0.2) is 4.39 Å². The van der Waals surface area contributed by atoms with Crippen molar-refractivity contribution < 1.29 is 9.18 Å². The highest BCUT2D eigenvalue weighted by Crippen LogP contribution is 2.24. The predicted octanol–water partition coefficient (Wildman–Crippen LogP) is 5.25. The SMILES string of the molecule is CCCSc1nnc(CNC(=O)c2c(F)cccc2Cl)n1-c1ccc(Br)cc1. The van der Waals surface area contributed by atoms with Crippen molar-refractivity contribution >= 4 is 45.2 Å². The highest BCUT2D eigenvalue weighted by atomic mass is 79.9. The van der Waals surface area contributed by atoms with Gasteiger partial charge in [-0.2, -0.15) is 0 Å². The molecule has 146 valence electrons.